The van der Waals surface area contributed by atoms with Crippen LogP contribution in [0.3, 0.4) is 0 Å². The first-order valence-electron chi connectivity index (χ1n) is 8.32. The summed E-state index contributed by atoms with van der Waals surface area (Å²) in [6.07, 6.45) is -1.06. The lowest BCUT2D eigenvalue weighted by Gasteiger charge is -2.28. The van der Waals surface area contributed by atoms with Gasteiger partial charge < -0.3 is 10.1 Å². The Balaban J connectivity index is 2.05. The molecular formula is C19H20ClN3O3S. The van der Waals surface area contributed by atoms with Crippen LogP contribution in [0.25, 0.3) is 10.6 Å². The number of ether oxygens (including phenoxy) is 1. The summed E-state index contributed by atoms with van der Waals surface area (Å²) < 4.78 is 5.20. The van der Waals surface area contributed by atoms with Gasteiger partial charge in [-0.3, -0.25) is 4.79 Å². The second-order valence-electron chi connectivity index (χ2n) is 6.55. The first-order chi connectivity index (χ1) is 12.7. The molecule has 0 saturated heterocycles. The minimum absolute atomic E-state index is 0.104. The van der Waals surface area contributed by atoms with Gasteiger partial charge in [-0.15, -0.1) is 11.3 Å². The molecule has 1 N–H and O–H groups in total. The van der Waals surface area contributed by atoms with Crippen molar-refractivity contribution in [3.63, 3.8) is 0 Å². The van der Waals surface area contributed by atoms with E-state index in [1.54, 1.807) is 30.5 Å². The number of aromatic nitrogens is 1. The van der Waals surface area contributed by atoms with Crippen LogP contribution in [0.15, 0.2) is 29.6 Å². The summed E-state index contributed by atoms with van der Waals surface area (Å²) >= 11 is 7.25. The van der Waals surface area contributed by atoms with E-state index in [9.17, 15) is 14.9 Å². The topological polar surface area (TPSA) is 92.1 Å². The van der Waals surface area contributed by atoms with Crippen molar-refractivity contribution in [2.75, 3.05) is 0 Å². The molecule has 0 fully saturated rings. The standard InChI is InChI=1S/C19H20ClN3O3S/c1-11(2)19(4,10-21)23-16(24)12(3)26-18(25)15-9-27-17(22-15)13-6-5-7-14(20)8-13/h5-9,11-12H,1-4H3,(H,23,24). The van der Waals surface area contributed by atoms with Gasteiger partial charge in [-0.1, -0.05) is 37.6 Å². The van der Waals surface area contributed by atoms with Crippen molar-refractivity contribution in [2.24, 2.45) is 5.92 Å². The van der Waals surface area contributed by atoms with Gasteiger partial charge in [-0.25, -0.2) is 9.78 Å². The number of nitriles is 1. The molecule has 0 aliphatic heterocycles. The Morgan fingerprint density at radius 3 is 2.67 bits per heavy atom. The van der Waals surface area contributed by atoms with Crippen LogP contribution >= 0.6 is 22.9 Å². The van der Waals surface area contributed by atoms with E-state index < -0.39 is 23.5 Å². The largest absolute Gasteiger partial charge is 0.448 e. The molecule has 1 heterocycles. The molecule has 1 aromatic carbocycles. The smallest absolute Gasteiger partial charge is 0.358 e. The highest BCUT2D eigenvalue weighted by molar-refractivity contribution is 7.13. The summed E-state index contributed by atoms with van der Waals surface area (Å²) in [5, 5.41) is 14.7. The molecule has 1 amide bonds. The molecule has 8 heteroatoms. The number of rotatable bonds is 6. The van der Waals surface area contributed by atoms with Crippen molar-refractivity contribution in [1.82, 2.24) is 10.3 Å². The van der Waals surface area contributed by atoms with Crippen LogP contribution in [0.1, 0.15) is 38.2 Å². The fourth-order valence-corrected chi connectivity index (χ4v) is 3.03. The summed E-state index contributed by atoms with van der Waals surface area (Å²) in [6, 6.07) is 9.22. The lowest BCUT2D eigenvalue weighted by molar-refractivity contribution is -0.130. The Morgan fingerprint density at radius 1 is 1.37 bits per heavy atom. The lowest BCUT2D eigenvalue weighted by atomic mass is 9.90. The second-order valence-corrected chi connectivity index (χ2v) is 7.85. The number of carbonyl (C=O) groups is 2. The second kappa shape index (κ2) is 8.51. The zero-order valence-electron chi connectivity index (χ0n) is 15.4. The molecule has 0 aliphatic rings. The van der Waals surface area contributed by atoms with Crippen LogP contribution in [0.5, 0.6) is 0 Å². The predicted molar refractivity (Wildman–Crippen MR) is 104 cm³/mol. The summed E-state index contributed by atoms with van der Waals surface area (Å²) in [5.74, 6) is -1.34. The van der Waals surface area contributed by atoms with Crippen LogP contribution in [-0.2, 0) is 9.53 Å². The third-order valence-corrected chi connectivity index (χ3v) is 5.33. The van der Waals surface area contributed by atoms with Crippen molar-refractivity contribution in [3.05, 3.63) is 40.4 Å². The number of halogens is 1. The number of thiazole rings is 1. The van der Waals surface area contributed by atoms with Crippen LogP contribution in [-0.4, -0.2) is 28.5 Å². The van der Waals surface area contributed by atoms with Gasteiger partial charge in [0.05, 0.1) is 6.07 Å². The van der Waals surface area contributed by atoms with Crippen molar-refractivity contribution >= 4 is 34.8 Å². The highest BCUT2D eigenvalue weighted by Crippen LogP contribution is 2.26. The highest BCUT2D eigenvalue weighted by Gasteiger charge is 2.32. The lowest BCUT2D eigenvalue weighted by Crippen LogP contribution is -2.52. The number of nitrogens with one attached hydrogen (secondary N) is 1. The fraction of sp³-hybridized carbons (Fsp3) is 0.368. The van der Waals surface area contributed by atoms with Crippen LogP contribution < -0.4 is 5.32 Å². The minimum Gasteiger partial charge on any atom is -0.448 e. The minimum atomic E-state index is -1.06. The molecule has 0 saturated carbocycles. The molecule has 0 bridgehead atoms. The molecule has 2 atom stereocenters. The molecule has 2 rings (SSSR count). The number of hydrogen-bond donors (Lipinski definition) is 1. The maximum Gasteiger partial charge on any atom is 0.358 e. The average molecular weight is 406 g/mol. The van der Waals surface area contributed by atoms with Gasteiger partial charge in [-0.05, 0) is 31.9 Å². The summed E-state index contributed by atoms with van der Waals surface area (Å²) in [5.41, 5.74) is -0.140. The molecular weight excluding hydrogens is 386 g/mol. The Bertz CT molecular complexity index is 890. The van der Waals surface area contributed by atoms with Gasteiger partial charge in [0.15, 0.2) is 11.8 Å². The van der Waals surface area contributed by atoms with Crippen LogP contribution in [0.2, 0.25) is 5.02 Å². The first kappa shape index (κ1) is 20.9. The van der Waals surface area contributed by atoms with Gasteiger partial charge >= 0.3 is 5.97 Å². The molecule has 0 radical (unpaired) electrons. The maximum absolute atomic E-state index is 12.3. The van der Waals surface area contributed by atoms with Crippen molar-refractivity contribution in [2.45, 2.75) is 39.3 Å². The summed E-state index contributed by atoms with van der Waals surface area (Å²) in [7, 11) is 0. The van der Waals surface area contributed by atoms with E-state index in [1.165, 1.54) is 18.3 Å². The fourth-order valence-electron chi connectivity index (χ4n) is 2.05. The van der Waals surface area contributed by atoms with Gasteiger partial charge in [0, 0.05) is 16.0 Å². The third-order valence-electron chi connectivity index (χ3n) is 4.21. The number of benzene rings is 1. The molecule has 2 aromatic rings. The molecule has 2 unspecified atom stereocenters. The van der Waals surface area contributed by atoms with Gasteiger partial charge in [0.2, 0.25) is 0 Å². The van der Waals surface area contributed by atoms with Crippen molar-refractivity contribution < 1.29 is 14.3 Å². The predicted octanol–water partition coefficient (Wildman–Crippen LogP) is 4.06. The van der Waals surface area contributed by atoms with E-state index in [-0.39, 0.29) is 11.6 Å². The zero-order chi connectivity index (χ0) is 20.2. The third kappa shape index (κ3) is 5.06. The number of nitrogens with zero attached hydrogens (tertiary/aromatic N) is 2. The zero-order valence-corrected chi connectivity index (χ0v) is 17.0. The van der Waals surface area contributed by atoms with E-state index in [1.807, 2.05) is 19.9 Å². The molecule has 1 aromatic heterocycles. The van der Waals surface area contributed by atoms with Crippen molar-refractivity contribution in [3.8, 4) is 16.6 Å². The Hall–Kier alpha value is -2.43. The van der Waals surface area contributed by atoms with Crippen LogP contribution in [0.4, 0.5) is 0 Å². The number of esters is 1. The number of carbonyl (C=O) groups excluding carboxylic acids is 2. The van der Waals surface area contributed by atoms with E-state index >= 15 is 0 Å². The van der Waals surface area contributed by atoms with Gasteiger partial charge in [0.25, 0.3) is 5.91 Å². The molecule has 6 nitrogen and oxygen atoms in total. The number of hydrogen-bond acceptors (Lipinski definition) is 6. The molecule has 27 heavy (non-hydrogen) atoms. The normalized spacial score (nSPS) is 14.1. The maximum atomic E-state index is 12.3. The number of amides is 1. The average Bonchev–Trinajstić information content (AvgIpc) is 3.11. The first-order valence-corrected chi connectivity index (χ1v) is 9.57. The molecule has 0 aliphatic carbocycles. The Labute approximate surface area is 167 Å². The van der Waals surface area contributed by atoms with E-state index in [0.717, 1.165) is 5.56 Å². The van der Waals surface area contributed by atoms with Crippen LogP contribution in [0, 0.1) is 17.2 Å². The van der Waals surface area contributed by atoms with E-state index in [2.05, 4.69) is 16.4 Å². The molecule has 142 valence electrons. The highest BCUT2D eigenvalue weighted by atomic mass is 35.5. The van der Waals surface area contributed by atoms with E-state index in [0.29, 0.717) is 10.0 Å². The van der Waals surface area contributed by atoms with Crippen molar-refractivity contribution in [1.29, 1.82) is 5.26 Å². The SMILES string of the molecule is CC(OC(=O)c1csc(-c2cccc(Cl)c2)n1)C(=O)NC(C)(C#N)C(C)C. The quantitative estimate of drug-likeness (QED) is 0.731. The Kier molecular flexibility index (Phi) is 6.58. The van der Waals surface area contributed by atoms with Gasteiger partial charge in [-0.2, -0.15) is 5.26 Å². The van der Waals surface area contributed by atoms with E-state index in [4.69, 9.17) is 16.3 Å². The summed E-state index contributed by atoms with van der Waals surface area (Å²) in [4.78, 5) is 28.8. The summed E-state index contributed by atoms with van der Waals surface area (Å²) in [6.45, 7) is 6.73. The Morgan fingerprint density at radius 2 is 2.07 bits per heavy atom. The van der Waals surface area contributed by atoms with Gasteiger partial charge in [0.1, 0.15) is 10.5 Å². The monoisotopic (exact) mass is 405 g/mol. The molecule has 0 spiro atoms.